The molecule has 4 nitrogen and oxygen atoms in total. The molecule has 0 aliphatic carbocycles. The van der Waals surface area contributed by atoms with Crippen LogP contribution >= 0.6 is 15.9 Å². The molecule has 0 spiro atoms. The van der Waals surface area contributed by atoms with Crippen molar-refractivity contribution >= 4 is 21.7 Å². The highest BCUT2D eigenvalue weighted by atomic mass is 79.9. The predicted octanol–water partition coefficient (Wildman–Crippen LogP) is 3.78. The van der Waals surface area contributed by atoms with Crippen molar-refractivity contribution < 1.29 is 9.47 Å². The normalized spacial score (nSPS) is 10.2. The van der Waals surface area contributed by atoms with Crippen LogP contribution in [0.2, 0.25) is 0 Å². The van der Waals surface area contributed by atoms with Crippen molar-refractivity contribution in [3.8, 4) is 11.5 Å². The van der Waals surface area contributed by atoms with Crippen LogP contribution in [0.4, 0.5) is 5.82 Å². The van der Waals surface area contributed by atoms with Gasteiger partial charge in [0.15, 0.2) is 0 Å². The number of aryl methyl sites for hydroxylation is 1. The molecule has 2 aromatic rings. The lowest BCUT2D eigenvalue weighted by atomic mass is 10.1. The van der Waals surface area contributed by atoms with Gasteiger partial charge in [-0.25, -0.2) is 4.98 Å². The lowest BCUT2D eigenvalue weighted by molar-refractivity contribution is 0.397. The second-order valence-corrected chi connectivity index (χ2v) is 5.26. The standard InChI is InChI=1S/C15H17BrN2O2/c1-10-6-14(20-3)11(7-13(10)19-2)8-17-15-5-4-12(16)9-18-15/h4-7,9H,8H2,1-3H3,(H,17,18). The van der Waals surface area contributed by atoms with E-state index in [4.69, 9.17) is 9.47 Å². The number of pyridine rings is 1. The number of nitrogens with zero attached hydrogens (tertiary/aromatic N) is 1. The molecule has 0 radical (unpaired) electrons. The summed E-state index contributed by atoms with van der Waals surface area (Å²) in [5.74, 6) is 2.51. The van der Waals surface area contributed by atoms with Gasteiger partial charge in [0.05, 0.1) is 14.2 Å². The van der Waals surface area contributed by atoms with Gasteiger partial charge in [0.1, 0.15) is 17.3 Å². The van der Waals surface area contributed by atoms with Crippen molar-refractivity contribution in [3.05, 3.63) is 46.1 Å². The van der Waals surface area contributed by atoms with Crippen LogP contribution in [0.15, 0.2) is 34.9 Å². The number of anilines is 1. The molecule has 0 saturated heterocycles. The molecule has 0 bridgehead atoms. The molecule has 0 atom stereocenters. The molecule has 0 unspecified atom stereocenters. The first-order valence-corrected chi connectivity index (χ1v) is 7.00. The first kappa shape index (κ1) is 14.7. The van der Waals surface area contributed by atoms with Crippen molar-refractivity contribution in [2.75, 3.05) is 19.5 Å². The number of rotatable bonds is 5. The summed E-state index contributed by atoms with van der Waals surface area (Å²) in [7, 11) is 3.34. The van der Waals surface area contributed by atoms with Crippen LogP contribution in [0.1, 0.15) is 11.1 Å². The average Bonchev–Trinajstić information content (AvgIpc) is 2.47. The molecule has 0 saturated carbocycles. The summed E-state index contributed by atoms with van der Waals surface area (Å²) in [6.45, 7) is 2.61. The molecule has 20 heavy (non-hydrogen) atoms. The Kier molecular flexibility index (Phi) is 4.84. The molecule has 0 aliphatic rings. The van der Waals surface area contributed by atoms with Crippen molar-refractivity contribution in [1.82, 2.24) is 4.98 Å². The summed E-state index contributed by atoms with van der Waals surface area (Å²) in [6, 6.07) is 7.83. The fourth-order valence-corrected chi connectivity index (χ4v) is 2.15. The minimum atomic E-state index is 0.619. The number of hydrogen-bond donors (Lipinski definition) is 1. The fraction of sp³-hybridized carbons (Fsp3) is 0.267. The summed E-state index contributed by atoms with van der Waals surface area (Å²) in [5.41, 5.74) is 2.08. The number of ether oxygens (including phenoxy) is 2. The first-order chi connectivity index (χ1) is 9.63. The second-order valence-electron chi connectivity index (χ2n) is 4.35. The fourth-order valence-electron chi connectivity index (χ4n) is 1.92. The van der Waals surface area contributed by atoms with Crippen LogP contribution in [0.3, 0.4) is 0 Å². The summed E-state index contributed by atoms with van der Waals surface area (Å²) in [4.78, 5) is 4.28. The maximum atomic E-state index is 5.41. The van der Waals surface area contributed by atoms with E-state index in [0.717, 1.165) is 32.9 Å². The van der Waals surface area contributed by atoms with Gasteiger partial charge < -0.3 is 14.8 Å². The Hall–Kier alpha value is -1.75. The number of halogens is 1. The highest BCUT2D eigenvalue weighted by Crippen LogP contribution is 2.28. The lowest BCUT2D eigenvalue weighted by Gasteiger charge is -2.14. The van der Waals surface area contributed by atoms with Gasteiger partial charge >= 0.3 is 0 Å². The van der Waals surface area contributed by atoms with Gasteiger partial charge in [-0.3, -0.25) is 0 Å². The molecular weight excluding hydrogens is 320 g/mol. The zero-order chi connectivity index (χ0) is 14.5. The van der Waals surface area contributed by atoms with Crippen LogP contribution in [0.25, 0.3) is 0 Å². The van der Waals surface area contributed by atoms with E-state index in [2.05, 4.69) is 26.2 Å². The molecule has 0 amide bonds. The average molecular weight is 337 g/mol. The summed E-state index contributed by atoms with van der Waals surface area (Å²) >= 11 is 3.36. The van der Waals surface area contributed by atoms with Crippen molar-refractivity contribution in [2.24, 2.45) is 0 Å². The molecule has 5 heteroatoms. The zero-order valence-electron chi connectivity index (χ0n) is 11.7. The van der Waals surface area contributed by atoms with E-state index in [9.17, 15) is 0 Å². The van der Waals surface area contributed by atoms with E-state index < -0.39 is 0 Å². The third kappa shape index (κ3) is 3.42. The molecule has 1 aromatic carbocycles. The van der Waals surface area contributed by atoms with E-state index >= 15 is 0 Å². The van der Waals surface area contributed by atoms with Crippen molar-refractivity contribution in [2.45, 2.75) is 13.5 Å². The van der Waals surface area contributed by atoms with Crippen molar-refractivity contribution in [1.29, 1.82) is 0 Å². The third-order valence-corrected chi connectivity index (χ3v) is 3.45. The topological polar surface area (TPSA) is 43.4 Å². The van der Waals surface area contributed by atoms with Gasteiger partial charge in [0.25, 0.3) is 0 Å². The van der Waals surface area contributed by atoms with Crippen molar-refractivity contribution in [3.63, 3.8) is 0 Å². The maximum Gasteiger partial charge on any atom is 0.126 e. The van der Waals surface area contributed by atoms with E-state index in [1.54, 1.807) is 20.4 Å². The Bertz CT molecular complexity index is 585. The Morgan fingerprint density at radius 2 is 1.90 bits per heavy atom. The third-order valence-electron chi connectivity index (χ3n) is 2.99. The molecule has 1 aromatic heterocycles. The number of nitrogens with one attached hydrogen (secondary N) is 1. The Morgan fingerprint density at radius 1 is 1.15 bits per heavy atom. The number of methoxy groups -OCH3 is 2. The van der Waals surface area contributed by atoms with Crippen LogP contribution in [0.5, 0.6) is 11.5 Å². The van der Waals surface area contributed by atoms with Gasteiger partial charge in [-0.15, -0.1) is 0 Å². The molecular formula is C15H17BrN2O2. The molecule has 1 N–H and O–H groups in total. The molecule has 1 heterocycles. The number of benzene rings is 1. The first-order valence-electron chi connectivity index (χ1n) is 6.21. The van der Waals surface area contributed by atoms with Crippen LogP contribution in [0, 0.1) is 6.92 Å². The summed E-state index contributed by atoms with van der Waals surface area (Å²) in [6.07, 6.45) is 1.76. The van der Waals surface area contributed by atoms with Gasteiger partial charge in [-0.1, -0.05) is 0 Å². The lowest BCUT2D eigenvalue weighted by Crippen LogP contribution is -2.04. The Morgan fingerprint density at radius 3 is 2.50 bits per heavy atom. The predicted molar refractivity (Wildman–Crippen MR) is 83.5 cm³/mol. The number of aromatic nitrogens is 1. The van der Waals surface area contributed by atoms with Gasteiger partial charge in [-0.2, -0.15) is 0 Å². The number of hydrogen-bond acceptors (Lipinski definition) is 4. The maximum absolute atomic E-state index is 5.41. The van der Waals surface area contributed by atoms with Gasteiger partial charge in [-0.05, 0) is 52.7 Å². The minimum absolute atomic E-state index is 0.619. The van der Waals surface area contributed by atoms with Crippen LogP contribution < -0.4 is 14.8 Å². The van der Waals surface area contributed by atoms with E-state index in [1.807, 2.05) is 31.2 Å². The monoisotopic (exact) mass is 336 g/mol. The quantitative estimate of drug-likeness (QED) is 0.902. The van der Waals surface area contributed by atoms with Crippen LogP contribution in [-0.4, -0.2) is 19.2 Å². The minimum Gasteiger partial charge on any atom is -0.496 e. The zero-order valence-corrected chi connectivity index (χ0v) is 13.3. The molecule has 2 rings (SSSR count). The highest BCUT2D eigenvalue weighted by molar-refractivity contribution is 9.10. The Balaban J connectivity index is 2.17. The van der Waals surface area contributed by atoms with Gasteiger partial charge in [0, 0.05) is 22.8 Å². The Labute approximate surface area is 127 Å². The molecule has 0 fully saturated rings. The highest BCUT2D eigenvalue weighted by Gasteiger charge is 2.08. The van der Waals surface area contributed by atoms with E-state index in [0.29, 0.717) is 6.54 Å². The van der Waals surface area contributed by atoms with E-state index in [-0.39, 0.29) is 0 Å². The molecule has 106 valence electrons. The molecule has 0 aliphatic heterocycles. The van der Waals surface area contributed by atoms with Crippen LogP contribution in [-0.2, 0) is 6.54 Å². The second kappa shape index (κ2) is 6.61. The smallest absolute Gasteiger partial charge is 0.126 e. The summed E-state index contributed by atoms with van der Waals surface area (Å²) < 4.78 is 11.7. The SMILES string of the molecule is COc1cc(CNc2ccc(Br)cn2)c(OC)cc1C. The largest absolute Gasteiger partial charge is 0.496 e. The summed E-state index contributed by atoms with van der Waals surface area (Å²) in [5, 5.41) is 3.27. The van der Waals surface area contributed by atoms with Gasteiger partial charge in [0.2, 0.25) is 0 Å². The van der Waals surface area contributed by atoms with E-state index in [1.165, 1.54) is 0 Å².